The molecule has 6 heteroatoms. The third-order valence-electron chi connectivity index (χ3n) is 1.76. The summed E-state index contributed by atoms with van der Waals surface area (Å²) in [5, 5.41) is 5.85. The molecule has 0 spiro atoms. The van der Waals surface area contributed by atoms with Crippen LogP contribution in [0.15, 0.2) is 6.07 Å². The average molecular weight is 209 g/mol. The molecule has 0 aromatic carbocycles. The number of aromatic nitrogens is 2. The molecular weight excluding hydrogens is 194 g/mol. The van der Waals surface area contributed by atoms with Crippen molar-refractivity contribution in [3.63, 3.8) is 0 Å². The highest BCUT2D eigenvalue weighted by Gasteiger charge is 2.00. The van der Waals surface area contributed by atoms with Crippen LogP contribution in [0.5, 0.6) is 0 Å². The minimum atomic E-state index is -0.331. The van der Waals surface area contributed by atoms with E-state index in [9.17, 15) is 4.79 Å². The molecule has 0 saturated carbocycles. The van der Waals surface area contributed by atoms with Gasteiger partial charge in [0.25, 0.3) is 0 Å². The maximum Gasteiger partial charge on any atom is 0.224 e. The van der Waals surface area contributed by atoms with Gasteiger partial charge in [-0.1, -0.05) is 0 Å². The zero-order chi connectivity index (χ0) is 11.3. The molecule has 1 amide bonds. The first kappa shape index (κ1) is 11.2. The first-order valence-corrected chi connectivity index (χ1v) is 4.67. The van der Waals surface area contributed by atoms with E-state index >= 15 is 0 Å². The monoisotopic (exact) mass is 209 g/mol. The second kappa shape index (κ2) is 5.14. The van der Waals surface area contributed by atoms with E-state index in [4.69, 9.17) is 5.73 Å². The van der Waals surface area contributed by atoms with Gasteiger partial charge in [-0.15, -0.1) is 0 Å². The van der Waals surface area contributed by atoms with Gasteiger partial charge in [0.05, 0.1) is 0 Å². The van der Waals surface area contributed by atoms with Crippen molar-refractivity contribution in [2.75, 3.05) is 24.2 Å². The van der Waals surface area contributed by atoms with Gasteiger partial charge >= 0.3 is 0 Å². The number of hydrogen-bond acceptors (Lipinski definition) is 5. The van der Waals surface area contributed by atoms with Crippen LogP contribution in [-0.2, 0) is 4.79 Å². The van der Waals surface area contributed by atoms with Crippen LogP contribution < -0.4 is 16.4 Å². The number of rotatable bonds is 5. The van der Waals surface area contributed by atoms with E-state index in [1.807, 2.05) is 13.0 Å². The minimum absolute atomic E-state index is 0.290. The second-order valence-electron chi connectivity index (χ2n) is 3.11. The molecule has 0 fully saturated rings. The molecule has 1 aromatic heterocycles. The van der Waals surface area contributed by atoms with Crippen molar-refractivity contribution in [3.05, 3.63) is 11.8 Å². The molecule has 1 aromatic rings. The molecule has 4 N–H and O–H groups in total. The molecular formula is C9H15N5O. The van der Waals surface area contributed by atoms with Crippen LogP contribution in [0.3, 0.4) is 0 Å². The van der Waals surface area contributed by atoms with E-state index in [0.29, 0.717) is 18.3 Å². The highest BCUT2D eigenvalue weighted by atomic mass is 16.1. The summed E-state index contributed by atoms with van der Waals surface area (Å²) in [6.45, 7) is 2.36. The van der Waals surface area contributed by atoms with E-state index in [0.717, 1.165) is 5.69 Å². The highest BCUT2D eigenvalue weighted by molar-refractivity contribution is 5.74. The summed E-state index contributed by atoms with van der Waals surface area (Å²) < 4.78 is 0. The normalized spacial score (nSPS) is 9.73. The quantitative estimate of drug-likeness (QED) is 0.640. The minimum Gasteiger partial charge on any atom is -0.370 e. The van der Waals surface area contributed by atoms with Crippen molar-refractivity contribution in [3.8, 4) is 0 Å². The molecule has 0 atom stereocenters. The Bertz CT molecular complexity index is 352. The average Bonchev–Trinajstić information content (AvgIpc) is 2.16. The molecule has 6 nitrogen and oxygen atoms in total. The topological polar surface area (TPSA) is 92.9 Å². The molecule has 0 aliphatic carbocycles. The highest BCUT2D eigenvalue weighted by Crippen LogP contribution is 2.08. The Morgan fingerprint density at radius 1 is 1.53 bits per heavy atom. The molecule has 82 valence electrons. The summed E-state index contributed by atoms with van der Waals surface area (Å²) in [7, 11) is 1.75. The Morgan fingerprint density at radius 3 is 2.87 bits per heavy atom. The van der Waals surface area contributed by atoms with Gasteiger partial charge in [-0.25, -0.2) is 4.98 Å². The number of carbonyl (C=O) groups excluding carboxylic acids is 1. The van der Waals surface area contributed by atoms with Gasteiger partial charge in [-0.2, -0.15) is 4.98 Å². The summed E-state index contributed by atoms with van der Waals surface area (Å²) in [6, 6.07) is 1.81. The van der Waals surface area contributed by atoms with Crippen LogP contribution in [0.4, 0.5) is 11.8 Å². The maximum absolute atomic E-state index is 10.5. The third kappa shape index (κ3) is 3.80. The van der Waals surface area contributed by atoms with Crippen LogP contribution in [-0.4, -0.2) is 29.5 Å². The van der Waals surface area contributed by atoms with Gasteiger partial charge in [0, 0.05) is 31.8 Å². The van der Waals surface area contributed by atoms with Crippen LogP contribution in [0.25, 0.3) is 0 Å². The second-order valence-corrected chi connectivity index (χ2v) is 3.11. The number of amides is 1. The number of hydrogen-bond donors (Lipinski definition) is 3. The Balaban J connectivity index is 2.60. The molecule has 0 radical (unpaired) electrons. The van der Waals surface area contributed by atoms with Gasteiger partial charge in [-0.05, 0) is 6.92 Å². The Morgan fingerprint density at radius 2 is 2.27 bits per heavy atom. The number of nitrogens with one attached hydrogen (secondary N) is 2. The summed E-state index contributed by atoms with van der Waals surface area (Å²) in [5.41, 5.74) is 5.88. The van der Waals surface area contributed by atoms with E-state index in [1.165, 1.54) is 0 Å². The lowest BCUT2D eigenvalue weighted by molar-refractivity contribution is -0.117. The van der Waals surface area contributed by atoms with E-state index in [1.54, 1.807) is 7.05 Å². The maximum atomic E-state index is 10.5. The first-order chi connectivity index (χ1) is 7.11. The van der Waals surface area contributed by atoms with Crippen LogP contribution in [0.1, 0.15) is 12.1 Å². The fourth-order valence-electron chi connectivity index (χ4n) is 1.08. The predicted molar refractivity (Wildman–Crippen MR) is 58.6 cm³/mol. The van der Waals surface area contributed by atoms with Crippen molar-refractivity contribution < 1.29 is 4.79 Å². The summed E-state index contributed by atoms with van der Waals surface area (Å²) in [5.74, 6) is 0.909. The van der Waals surface area contributed by atoms with Gasteiger partial charge in [0.15, 0.2) is 0 Å². The lowest BCUT2D eigenvalue weighted by Crippen LogP contribution is -2.16. The van der Waals surface area contributed by atoms with Crippen LogP contribution >= 0.6 is 0 Å². The molecule has 0 aliphatic heterocycles. The van der Waals surface area contributed by atoms with Crippen molar-refractivity contribution in [2.45, 2.75) is 13.3 Å². The SMILES string of the molecule is CNc1nc(C)cc(NCCC(N)=O)n1. The van der Waals surface area contributed by atoms with E-state index in [-0.39, 0.29) is 12.3 Å². The van der Waals surface area contributed by atoms with Crippen molar-refractivity contribution in [1.82, 2.24) is 9.97 Å². The number of carbonyl (C=O) groups is 1. The smallest absolute Gasteiger partial charge is 0.224 e. The largest absolute Gasteiger partial charge is 0.370 e. The number of primary amides is 1. The number of nitrogens with two attached hydrogens (primary N) is 1. The Hall–Kier alpha value is -1.85. The summed E-state index contributed by atoms with van der Waals surface area (Å²) in [4.78, 5) is 18.8. The van der Waals surface area contributed by atoms with Crippen LogP contribution in [0.2, 0.25) is 0 Å². The van der Waals surface area contributed by atoms with Crippen molar-refractivity contribution >= 4 is 17.7 Å². The third-order valence-corrected chi connectivity index (χ3v) is 1.76. The predicted octanol–water partition coefficient (Wildman–Crippen LogP) is 0.114. The van der Waals surface area contributed by atoms with Crippen molar-refractivity contribution in [1.29, 1.82) is 0 Å². The van der Waals surface area contributed by atoms with Crippen molar-refractivity contribution in [2.24, 2.45) is 5.73 Å². The van der Waals surface area contributed by atoms with Gasteiger partial charge < -0.3 is 16.4 Å². The molecule has 0 saturated heterocycles. The standard InChI is InChI=1S/C9H15N5O/c1-6-5-8(12-4-3-7(10)15)14-9(11-2)13-6/h5H,3-4H2,1-2H3,(H2,10,15)(H2,11,12,13,14). The molecule has 0 unspecified atom stereocenters. The summed E-state index contributed by atoms with van der Waals surface area (Å²) in [6.07, 6.45) is 0.290. The number of nitrogens with zero attached hydrogens (tertiary/aromatic N) is 2. The molecule has 1 heterocycles. The first-order valence-electron chi connectivity index (χ1n) is 4.67. The fourth-order valence-corrected chi connectivity index (χ4v) is 1.08. The van der Waals surface area contributed by atoms with Crippen LogP contribution in [0, 0.1) is 6.92 Å². The zero-order valence-electron chi connectivity index (χ0n) is 8.87. The Kier molecular flexibility index (Phi) is 3.84. The lowest BCUT2D eigenvalue weighted by atomic mass is 10.4. The Labute approximate surface area is 88.3 Å². The van der Waals surface area contributed by atoms with Gasteiger partial charge in [0.1, 0.15) is 5.82 Å². The van der Waals surface area contributed by atoms with Gasteiger partial charge in [0.2, 0.25) is 11.9 Å². The number of aryl methyl sites for hydroxylation is 1. The zero-order valence-corrected chi connectivity index (χ0v) is 8.87. The lowest BCUT2D eigenvalue weighted by Gasteiger charge is -2.06. The molecule has 1 rings (SSSR count). The van der Waals surface area contributed by atoms with Gasteiger partial charge in [-0.3, -0.25) is 4.79 Å². The molecule has 0 bridgehead atoms. The number of anilines is 2. The molecule has 15 heavy (non-hydrogen) atoms. The van der Waals surface area contributed by atoms with E-state index < -0.39 is 0 Å². The molecule has 0 aliphatic rings. The summed E-state index contributed by atoms with van der Waals surface area (Å²) >= 11 is 0. The fraction of sp³-hybridized carbons (Fsp3) is 0.444. The van der Waals surface area contributed by atoms with E-state index in [2.05, 4.69) is 20.6 Å².